The second-order valence-corrected chi connectivity index (χ2v) is 16.9. The molecule has 0 aromatic carbocycles. The van der Waals surface area contributed by atoms with E-state index in [0.717, 1.165) is 58.6 Å². The predicted octanol–water partition coefficient (Wildman–Crippen LogP) is 4.70. The number of aromatic nitrogens is 4. The van der Waals surface area contributed by atoms with Crippen molar-refractivity contribution >= 4 is 46.7 Å². The van der Waals surface area contributed by atoms with Gasteiger partial charge in [0, 0.05) is 50.5 Å². The summed E-state index contributed by atoms with van der Waals surface area (Å²) in [7, 11) is -1.11. The number of nitrogens with zero attached hydrogens (tertiary/aromatic N) is 5. The molecular weight excluding hydrogens is 510 g/mol. The Morgan fingerprint density at radius 2 is 1.94 bits per heavy atom. The van der Waals surface area contributed by atoms with Crippen LogP contribution in [-0.2, 0) is 18.0 Å². The average molecular weight is 547 g/mol. The molecule has 1 aliphatic heterocycles. The summed E-state index contributed by atoms with van der Waals surface area (Å²) >= 11 is 3.69. The fourth-order valence-corrected chi connectivity index (χ4v) is 5.65. The zero-order valence-corrected chi connectivity index (χ0v) is 23.4. The second-order valence-electron chi connectivity index (χ2n) is 10.4. The Morgan fingerprint density at radius 3 is 2.68 bits per heavy atom. The number of fused-ring (bicyclic) bond motifs is 1. The van der Waals surface area contributed by atoms with Gasteiger partial charge in [0.2, 0.25) is 0 Å². The summed E-state index contributed by atoms with van der Waals surface area (Å²) in [4.78, 5) is 16.3. The van der Waals surface area contributed by atoms with E-state index in [1.165, 1.54) is 0 Å². The van der Waals surface area contributed by atoms with Crippen LogP contribution in [0.15, 0.2) is 35.2 Å². The van der Waals surface area contributed by atoms with Crippen molar-refractivity contribution in [3.8, 4) is 0 Å². The third-order valence-electron chi connectivity index (χ3n) is 5.94. The van der Waals surface area contributed by atoms with E-state index in [9.17, 15) is 0 Å². The number of ether oxygens (including phenoxy) is 1. The maximum atomic E-state index is 5.95. The van der Waals surface area contributed by atoms with Gasteiger partial charge in [0.15, 0.2) is 0 Å². The summed E-state index contributed by atoms with van der Waals surface area (Å²) < 4.78 is 8.93. The second kappa shape index (κ2) is 10.7. The summed E-state index contributed by atoms with van der Waals surface area (Å²) in [5.74, 6) is 1.81. The summed E-state index contributed by atoms with van der Waals surface area (Å²) in [6.45, 7) is 15.3. The summed E-state index contributed by atoms with van der Waals surface area (Å²) in [6.07, 6.45) is 3.62. The first-order chi connectivity index (χ1) is 16.2. The largest absolute Gasteiger partial charge is 0.364 e. The van der Waals surface area contributed by atoms with Crippen molar-refractivity contribution in [2.45, 2.75) is 64.9 Å². The minimum Gasteiger partial charge on any atom is -0.364 e. The number of hydrogen-bond donors (Lipinski definition) is 2. The summed E-state index contributed by atoms with van der Waals surface area (Å²) in [5.41, 5.74) is 1.83. The Bertz CT molecular complexity index is 1110. The van der Waals surface area contributed by atoms with Crippen molar-refractivity contribution in [1.82, 2.24) is 24.8 Å². The van der Waals surface area contributed by atoms with Crippen LogP contribution in [0.25, 0.3) is 11.0 Å². The van der Waals surface area contributed by atoms with E-state index in [0.29, 0.717) is 25.4 Å². The van der Waals surface area contributed by atoms with Gasteiger partial charge in [-0.25, -0.2) is 15.0 Å². The monoisotopic (exact) mass is 545 g/mol. The minimum absolute atomic E-state index is 0.447. The van der Waals surface area contributed by atoms with Crippen LogP contribution in [0.1, 0.15) is 19.5 Å². The van der Waals surface area contributed by atoms with E-state index in [1.807, 2.05) is 10.8 Å². The van der Waals surface area contributed by atoms with Gasteiger partial charge >= 0.3 is 0 Å². The van der Waals surface area contributed by atoms with Crippen LogP contribution >= 0.6 is 15.9 Å². The van der Waals surface area contributed by atoms with E-state index >= 15 is 0 Å². The fraction of sp³-hybridized carbons (Fsp3) is 0.542. The van der Waals surface area contributed by atoms with E-state index in [2.05, 4.69) is 93.1 Å². The van der Waals surface area contributed by atoms with E-state index in [-0.39, 0.29) is 0 Å². The molecular formula is C24H36BrN7OSi. The lowest BCUT2D eigenvalue weighted by Crippen LogP contribution is -2.54. The van der Waals surface area contributed by atoms with Crippen molar-refractivity contribution < 1.29 is 4.74 Å². The third kappa shape index (κ3) is 6.35. The predicted molar refractivity (Wildman–Crippen MR) is 145 cm³/mol. The Labute approximate surface area is 211 Å². The van der Waals surface area contributed by atoms with Crippen molar-refractivity contribution in [1.29, 1.82) is 0 Å². The number of hydrogen-bond acceptors (Lipinski definition) is 7. The number of halogens is 1. The van der Waals surface area contributed by atoms with E-state index < -0.39 is 8.07 Å². The molecule has 1 saturated heterocycles. The molecule has 0 radical (unpaired) electrons. The van der Waals surface area contributed by atoms with Gasteiger partial charge in [-0.05, 0) is 48.0 Å². The number of rotatable bonds is 9. The molecule has 4 heterocycles. The first-order valence-corrected chi connectivity index (χ1v) is 16.5. The Morgan fingerprint density at radius 1 is 1.18 bits per heavy atom. The molecule has 34 heavy (non-hydrogen) atoms. The molecule has 2 N–H and O–H groups in total. The third-order valence-corrected chi connectivity index (χ3v) is 8.25. The molecule has 3 aromatic heterocycles. The van der Waals surface area contributed by atoms with Crippen LogP contribution < -0.4 is 15.5 Å². The van der Waals surface area contributed by atoms with Gasteiger partial charge in [0.05, 0.1) is 17.6 Å². The lowest BCUT2D eigenvalue weighted by atomic mass is 10.1. The maximum absolute atomic E-state index is 5.95. The molecule has 8 nitrogen and oxygen atoms in total. The summed E-state index contributed by atoms with van der Waals surface area (Å²) in [6, 6.07) is 8.26. The van der Waals surface area contributed by atoms with Crippen LogP contribution in [0.2, 0.25) is 25.7 Å². The maximum Gasteiger partial charge on any atom is 0.148 e. The topological polar surface area (TPSA) is 80.1 Å². The quantitative estimate of drug-likeness (QED) is 0.298. The number of nitrogens with one attached hydrogen (secondary N) is 2. The highest BCUT2D eigenvalue weighted by molar-refractivity contribution is 9.10. The van der Waals surface area contributed by atoms with Crippen LogP contribution in [0.5, 0.6) is 0 Å². The van der Waals surface area contributed by atoms with Crippen LogP contribution in [0.3, 0.4) is 0 Å². The molecule has 3 aromatic rings. The normalized spacial score (nSPS) is 19.1. The van der Waals surface area contributed by atoms with Gasteiger partial charge in [-0.3, -0.25) is 0 Å². The molecule has 184 valence electrons. The van der Waals surface area contributed by atoms with Gasteiger partial charge in [-0.1, -0.05) is 25.7 Å². The molecule has 2 atom stereocenters. The number of anilines is 2. The zero-order valence-electron chi connectivity index (χ0n) is 20.8. The van der Waals surface area contributed by atoms with Crippen molar-refractivity contribution in [2.24, 2.45) is 0 Å². The lowest BCUT2D eigenvalue weighted by Gasteiger charge is -2.37. The molecule has 4 rings (SSSR count). The summed E-state index contributed by atoms with van der Waals surface area (Å²) in [5, 5.41) is 8.00. The zero-order chi connectivity index (χ0) is 24.3. The molecule has 1 fully saturated rings. The van der Waals surface area contributed by atoms with Gasteiger partial charge in [0.1, 0.15) is 30.3 Å². The van der Waals surface area contributed by atoms with Gasteiger partial charge in [-0.2, -0.15) is 0 Å². The Balaban J connectivity index is 1.44. The molecule has 0 saturated carbocycles. The first-order valence-electron chi connectivity index (χ1n) is 12.0. The Kier molecular flexibility index (Phi) is 7.91. The highest BCUT2D eigenvalue weighted by Gasteiger charge is 2.22. The number of pyridine rings is 1. The highest BCUT2D eigenvalue weighted by Crippen LogP contribution is 2.30. The molecule has 0 spiro atoms. The lowest BCUT2D eigenvalue weighted by molar-refractivity contribution is 0.0898. The minimum atomic E-state index is -1.11. The molecule has 0 bridgehead atoms. The Hall–Kier alpha value is -2.01. The molecule has 0 aliphatic carbocycles. The van der Waals surface area contributed by atoms with Crippen LogP contribution in [0.4, 0.5) is 11.6 Å². The van der Waals surface area contributed by atoms with E-state index in [4.69, 9.17) is 9.72 Å². The van der Waals surface area contributed by atoms with Crippen LogP contribution in [0, 0.1) is 0 Å². The standard InChI is InChI=1S/C24H36BrN7OSi/c1-17-12-31(13-18(2)29-17)21-8-6-7-19(30-21)11-26-23-22-20(25)14-32(24(22)28-15-27-23)16-33-9-10-34(3,4)5/h6-8,14-15,17-18,29H,9-13,16H2,1-5H3,(H,26,27,28)/t17-,18+. The van der Waals surface area contributed by atoms with Crippen molar-refractivity contribution in [3.63, 3.8) is 0 Å². The van der Waals surface area contributed by atoms with Gasteiger partial charge < -0.3 is 24.8 Å². The van der Waals surface area contributed by atoms with Crippen molar-refractivity contribution in [3.05, 3.63) is 40.9 Å². The molecule has 10 heteroatoms. The van der Waals surface area contributed by atoms with Crippen LogP contribution in [-0.4, -0.2) is 59.4 Å². The highest BCUT2D eigenvalue weighted by atomic mass is 79.9. The smallest absolute Gasteiger partial charge is 0.148 e. The molecule has 0 unspecified atom stereocenters. The fourth-order valence-electron chi connectivity index (χ4n) is 4.28. The molecule has 0 amide bonds. The average Bonchev–Trinajstić information content (AvgIpc) is 3.10. The number of piperazine rings is 1. The molecule has 1 aliphatic rings. The van der Waals surface area contributed by atoms with E-state index in [1.54, 1.807) is 6.33 Å². The van der Waals surface area contributed by atoms with Crippen molar-refractivity contribution in [2.75, 3.05) is 29.9 Å². The van der Waals surface area contributed by atoms with Gasteiger partial charge in [-0.15, -0.1) is 0 Å². The van der Waals surface area contributed by atoms with Gasteiger partial charge in [0.25, 0.3) is 0 Å². The first kappa shape index (κ1) is 25.1. The SMILES string of the molecule is C[C@@H]1CN(c2cccc(CNc3ncnc4c3c(Br)cn4COCC[Si](C)(C)C)n2)C[C@H](C)N1.